The summed E-state index contributed by atoms with van der Waals surface area (Å²) in [7, 11) is 0. The zero-order valence-electron chi connectivity index (χ0n) is 10.2. The molecule has 0 aromatic rings. The number of hydrogen-bond acceptors (Lipinski definition) is 6. The van der Waals surface area contributed by atoms with Gasteiger partial charge in [-0.1, -0.05) is 6.58 Å². The highest BCUT2D eigenvalue weighted by atomic mass is 16.6. The van der Waals surface area contributed by atoms with Crippen LogP contribution < -0.4 is 0 Å². The summed E-state index contributed by atoms with van der Waals surface area (Å²) in [5.41, 5.74) is 0.207. The highest BCUT2D eigenvalue weighted by Gasteiger charge is 2.21. The Kier molecular flexibility index (Phi) is 6.66. The Morgan fingerprint density at radius 3 is 2.33 bits per heavy atom. The van der Waals surface area contributed by atoms with E-state index in [9.17, 15) is 14.4 Å². The number of hydrogen-bond donors (Lipinski definition) is 2. The Balaban J connectivity index is 4.01. The Bertz CT molecular complexity index is 347. The number of aliphatic carboxylic acids is 1. The summed E-state index contributed by atoms with van der Waals surface area (Å²) >= 11 is 0. The van der Waals surface area contributed by atoms with Crippen LogP contribution in [-0.4, -0.2) is 46.9 Å². The summed E-state index contributed by atoms with van der Waals surface area (Å²) in [4.78, 5) is 32.4. The van der Waals surface area contributed by atoms with E-state index >= 15 is 0 Å². The minimum absolute atomic E-state index is 0.207. The van der Waals surface area contributed by atoms with Crippen LogP contribution in [0.4, 0.5) is 0 Å². The van der Waals surface area contributed by atoms with Crippen LogP contribution in [0.25, 0.3) is 0 Å². The SMILES string of the molecule is C=C(C)C(=O)OC(C)COC(=O)C(O)CC(=O)O. The minimum atomic E-state index is -1.73. The predicted octanol–water partition coefficient (Wildman–Crippen LogP) is -0.127. The van der Waals surface area contributed by atoms with Crippen molar-refractivity contribution in [3.05, 3.63) is 12.2 Å². The average Bonchev–Trinajstić information content (AvgIpc) is 2.24. The van der Waals surface area contributed by atoms with Gasteiger partial charge in [0.15, 0.2) is 6.10 Å². The summed E-state index contributed by atoms with van der Waals surface area (Å²) in [6.45, 7) is 6.06. The highest BCUT2D eigenvalue weighted by Crippen LogP contribution is 2.01. The lowest BCUT2D eigenvalue weighted by Gasteiger charge is -2.14. The predicted molar refractivity (Wildman–Crippen MR) is 59.6 cm³/mol. The number of carbonyl (C=O) groups is 3. The first-order valence-corrected chi connectivity index (χ1v) is 5.17. The van der Waals surface area contributed by atoms with Gasteiger partial charge in [-0.25, -0.2) is 9.59 Å². The molecule has 0 rings (SSSR count). The van der Waals surface area contributed by atoms with Gasteiger partial charge in [-0.05, 0) is 13.8 Å². The molecule has 0 saturated carbocycles. The lowest BCUT2D eigenvalue weighted by molar-refractivity contribution is -0.164. The molecule has 18 heavy (non-hydrogen) atoms. The van der Waals surface area contributed by atoms with Crippen molar-refractivity contribution in [1.82, 2.24) is 0 Å². The van der Waals surface area contributed by atoms with Crippen molar-refractivity contribution in [2.75, 3.05) is 6.61 Å². The first-order valence-electron chi connectivity index (χ1n) is 5.17. The molecule has 7 nitrogen and oxygen atoms in total. The number of aliphatic hydroxyl groups is 1. The first kappa shape index (κ1) is 16.1. The molecule has 0 bridgehead atoms. The quantitative estimate of drug-likeness (QED) is 0.484. The van der Waals surface area contributed by atoms with E-state index in [1.54, 1.807) is 0 Å². The molecule has 0 spiro atoms. The second-order valence-electron chi connectivity index (χ2n) is 3.74. The van der Waals surface area contributed by atoms with E-state index in [4.69, 9.17) is 14.9 Å². The number of carbonyl (C=O) groups excluding carboxylic acids is 2. The molecule has 7 heteroatoms. The normalized spacial score (nSPS) is 13.3. The molecule has 2 unspecified atom stereocenters. The Morgan fingerprint density at radius 2 is 1.89 bits per heavy atom. The molecule has 0 saturated heterocycles. The fraction of sp³-hybridized carbons (Fsp3) is 0.545. The Hall–Kier alpha value is -1.89. The van der Waals surface area contributed by atoms with Crippen molar-refractivity contribution in [1.29, 1.82) is 0 Å². The third-order valence-electron chi connectivity index (χ3n) is 1.76. The van der Waals surface area contributed by atoms with Crippen molar-refractivity contribution in [3.8, 4) is 0 Å². The van der Waals surface area contributed by atoms with Crippen LogP contribution >= 0.6 is 0 Å². The summed E-state index contributed by atoms with van der Waals surface area (Å²) in [5.74, 6) is -3.01. The number of carboxylic acids is 1. The highest BCUT2D eigenvalue weighted by molar-refractivity contribution is 5.87. The fourth-order valence-electron chi connectivity index (χ4n) is 0.862. The van der Waals surface area contributed by atoms with Gasteiger partial charge < -0.3 is 19.7 Å². The van der Waals surface area contributed by atoms with Crippen molar-refractivity contribution < 1.29 is 34.1 Å². The molecule has 0 aliphatic heterocycles. The van der Waals surface area contributed by atoms with Crippen LogP contribution in [0.3, 0.4) is 0 Å². The molecular formula is C11H16O7. The third kappa shape index (κ3) is 6.64. The summed E-state index contributed by atoms with van der Waals surface area (Å²) in [6, 6.07) is 0. The maximum absolute atomic E-state index is 11.1. The van der Waals surface area contributed by atoms with Gasteiger partial charge in [0, 0.05) is 5.57 Å². The molecule has 0 heterocycles. The number of ether oxygens (including phenoxy) is 2. The average molecular weight is 260 g/mol. The second kappa shape index (κ2) is 7.44. The van der Waals surface area contributed by atoms with Gasteiger partial charge in [0.1, 0.15) is 12.7 Å². The fourth-order valence-corrected chi connectivity index (χ4v) is 0.862. The number of aliphatic hydroxyl groups excluding tert-OH is 1. The zero-order chi connectivity index (χ0) is 14.3. The van der Waals surface area contributed by atoms with E-state index in [-0.39, 0.29) is 12.2 Å². The maximum Gasteiger partial charge on any atom is 0.335 e. The lowest BCUT2D eigenvalue weighted by Crippen LogP contribution is -2.29. The van der Waals surface area contributed by atoms with Crippen LogP contribution in [0.15, 0.2) is 12.2 Å². The molecule has 2 atom stereocenters. The van der Waals surface area contributed by atoms with Gasteiger partial charge in [-0.3, -0.25) is 4.79 Å². The molecule has 0 fully saturated rings. The second-order valence-corrected chi connectivity index (χ2v) is 3.74. The van der Waals surface area contributed by atoms with Crippen molar-refractivity contribution >= 4 is 17.9 Å². The van der Waals surface area contributed by atoms with Crippen LogP contribution in [0.5, 0.6) is 0 Å². The van der Waals surface area contributed by atoms with Gasteiger partial charge in [0.25, 0.3) is 0 Å². The van der Waals surface area contributed by atoms with E-state index < -0.39 is 36.5 Å². The van der Waals surface area contributed by atoms with Gasteiger partial charge in [0.05, 0.1) is 6.42 Å². The zero-order valence-corrected chi connectivity index (χ0v) is 10.2. The Morgan fingerprint density at radius 1 is 1.33 bits per heavy atom. The van der Waals surface area contributed by atoms with E-state index in [0.717, 1.165) is 0 Å². The van der Waals surface area contributed by atoms with Crippen LogP contribution in [-0.2, 0) is 23.9 Å². The van der Waals surface area contributed by atoms with E-state index in [1.807, 2.05) is 0 Å². The van der Waals surface area contributed by atoms with Crippen molar-refractivity contribution in [2.45, 2.75) is 32.5 Å². The number of carboxylic acid groups (broad SMARTS) is 1. The molecule has 0 aromatic carbocycles. The van der Waals surface area contributed by atoms with Gasteiger partial charge in [0.2, 0.25) is 0 Å². The van der Waals surface area contributed by atoms with Gasteiger partial charge >= 0.3 is 17.9 Å². The van der Waals surface area contributed by atoms with Crippen LogP contribution in [0.1, 0.15) is 20.3 Å². The monoisotopic (exact) mass is 260 g/mol. The van der Waals surface area contributed by atoms with Gasteiger partial charge in [-0.15, -0.1) is 0 Å². The van der Waals surface area contributed by atoms with E-state index in [2.05, 4.69) is 11.3 Å². The molecule has 0 aliphatic rings. The standard InChI is InChI=1S/C11H16O7/c1-6(2)10(15)18-7(3)5-17-11(16)8(12)4-9(13)14/h7-8,12H,1,4-5H2,2-3H3,(H,13,14). The molecule has 2 N–H and O–H groups in total. The largest absolute Gasteiger partial charge is 0.481 e. The summed E-state index contributed by atoms with van der Waals surface area (Å²) in [5, 5.41) is 17.4. The van der Waals surface area contributed by atoms with E-state index in [1.165, 1.54) is 13.8 Å². The molecule has 102 valence electrons. The first-order chi connectivity index (χ1) is 8.23. The Labute approximate surface area is 104 Å². The van der Waals surface area contributed by atoms with Crippen molar-refractivity contribution in [2.24, 2.45) is 0 Å². The number of esters is 2. The van der Waals surface area contributed by atoms with Crippen LogP contribution in [0, 0.1) is 0 Å². The molecule has 0 amide bonds. The lowest BCUT2D eigenvalue weighted by atomic mass is 10.2. The topological polar surface area (TPSA) is 110 Å². The summed E-state index contributed by atoms with van der Waals surface area (Å²) < 4.78 is 9.40. The summed E-state index contributed by atoms with van der Waals surface area (Å²) in [6.07, 6.45) is -3.18. The van der Waals surface area contributed by atoms with Gasteiger partial charge in [-0.2, -0.15) is 0 Å². The molecule has 0 aliphatic carbocycles. The van der Waals surface area contributed by atoms with E-state index in [0.29, 0.717) is 0 Å². The van der Waals surface area contributed by atoms with Crippen molar-refractivity contribution in [3.63, 3.8) is 0 Å². The molecular weight excluding hydrogens is 244 g/mol. The molecule has 0 radical (unpaired) electrons. The third-order valence-corrected chi connectivity index (χ3v) is 1.76. The smallest absolute Gasteiger partial charge is 0.335 e. The number of rotatable bonds is 7. The maximum atomic E-state index is 11.1. The molecule has 0 aromatic heterocycles. The minimum Gasteiger partial charge on any atom is -0.481 e. The van der Waals surface area contributed by atoms with Crippen LogP contribution in [0.2, 0.25) is 0 Å².